The fourth-order valence-corrected chi connectivity index (χ4v) is 3.34. The molecular weight excluding hydrogens is 342 g/mol. The number of rotatable bonds is 5. The average molecular weight is 358 g/mol. The molecule has 128 valence electrons. The van der Waals surface area contributed by atoms with Crippen molar-refractivity contribution < 1.29 is 13.9 Å². The van der Waals surface area contributed by atoms with Crippen molar-refractivity contribution in [2.75, 3.05) is 20.3 Å². The third-order valence-corrected chi connectivity index (χ3v) is 4.59. The lowest BCUT2D eigenvalue weighted by atomic mass is 9.98. The summed E-state index contributed by atoms with van der Waals surface area (Å²) in [4.78, 5) is 14.6. The molecule has 3 aromatic rings. The Morgan fingerprint density at radius 2 is 2.12 bits per heavy atom. The third-order valence-electron chi connectivity index (χ3n) is 4.34. The SMILES string of the molecule is COCCN1C(=O)c2n[nH]c(-c3ccco3)c2[C@@H]1c1ccc(Cl)cc1. The highest BCUT2D eigenvalue weighted by molar-refractivity contribution is 6.30. The number of carbonyl (C=O) groups excluding carboxylic acids is 1. The van der Waals surface area contributed by atoms with Gasteiger partial charge in [0.2, 0.25) is 0 Å². The molecule has 1 aliphatic heterocycles. The van der Waals surface area contributed by atoms with Gasteiger partial charge >= 0.3 is 0 Å². The van der Waals surface area contributed by atoms with Gasteiger partial charge in [0.05, 0.1) is 18.9 Å². The predicted octanol–water partition coefficient (Wildman–Crippen LogP) is 3.51. The number of aromatic nitrogens is 2. The summed E-state index contributed by atoms with van der Waals surface area (Å²) in [5.74, 6) is 0.523. The maximum absolute atomic E-state index is 12.9. The summed E-state index contributed by atoms with van der Waals surface area (Å²) in [6.45, 7) is 0.913. The summed E-state index contributed by atoms with van der Waals surface area (Å²) in [6, 6.07) is 10.9. The largest absolute Gasteiger partial charge is 0.463 e. The van der Waals surface area contributed by atoms with Gasteiger partial charge in [-0.2, -0.15) is 5.10 Å². The third kappa shape index (κ3) is 2.63. The Morgan fingerprint density at radius 1 is 1.32 bits per heavy atom. The summed E-state index contributed by atoms with van der Waals surface area (Å²) in [6.07, 6.45) is 1.60. The quantitative estimate of drug-likeness (QED) is 0.758. The number of methoxy groups -OCH3 is 1. The molecule has 25 heavy (non-hydrogen) atoms. The van der Waals surface area contributed by atoms with Crippen LogP contribution >= 0.6 is 11.6 Å². The molecule has 1 amide bonds. The molecule has 0 spiro atoms. The van der Waals surface area contributed by atoms with E-state index >= 15 is 0 Å². The number of hydrogen-bond acceptors (Lipinski definition) is 4. The summed E-state index contributed by atoms with van der Waals surface area (Å²) in [5.41, 5.74) is 2.91. The smallest absolute Gasteiger partial charge is 0.275 e. The van der Waals surface area contributed by atoms with Crippen molar-refractivity contribution in [3.63, 3.8) is 0 Å². The van der Waals surface area contributed by atoms with Crippen LogP contribution in [0.3, 0.4) is 0 Å². The van der Waals surface area contributed by atoms with Gasteiger partial charge in [0.25, 0.3) is 5.91 Å². The van der Waals surface area contributed by atoms with Gasteiger partial charge in [-0.3, -0.25) is 9.89 Å². The molecule has 0 fully saturated rings. The van der Waals surface area contributed by atoms with Crippen LogP contribution in [0.15, 0.2) is 47.1 Å². The monoisotopic (exact) mass is 357 g/mol. The lowest BCUT2D eigenvalue weighted by Gasteiger charge is -2.26. The molecule has 0 radical (unpaired) electrons. The zero-order valence-electron chi connectivity index (χ0n) is 13.5. The molecule has 2 aromatic heterocycles. The maximum atomic E-state index is 12.9. The van der Waals surface area contributed by atoms with Gasteiger partial charge in [-0.15, -0.1) is 0 Å². The fraction of sp³-hybridized carbons (Fsp3) is 0.222. The second kappa shape index (κ2) is 6.38. The number of benzene rings is 1. The Hall–Kier alpha value is -2.57. The van der Waals surface area contributed by atoms with Gasteiger partial charge in [-0.1, -0.05) is 23.7 Å². The first-order chi connectivity index (χ1) is 12.2. The summed E-state index contributed by atoms with van der Waals surface area (Å²) in [7, 11) is 1.62. The number of furan rings is 1. The zero-order valence-corrected chi connectivity index (χ0v) is 14.3. The first kappa shape index (κ1) is 15.9. The fourth-order valence-electron chi connectivity index (χ4n) is 3.21. The van der Waals surface area contributed by atoms with Gasteiger partial charge in [-0.25, -0.2) is 0 Å². The van der Waals surface area contributed by atoms with E-state index in [2.05, 4.69) is 10.2 Å². The van der Waals surface area contributed by atoms with Crippen LogP contribution in [0.25, 0.3) is 11.5 Å². The first-order valence-corrected chi connectivity index (χ1v) is 8.26. The summed E-state index contributed by atoms with van der Waals surface area (Å²) >= 11 is 6.02. The molecular formula is C18H16ClN3O3. The molecule has 6 nitrogen and oxygen atoms in total. The molecule has 1 aliphatic rings. The number of nitrogens with one attached hydrogen (secondary N) is 1. The topological polar surface area (TPSA) is 71.4 Å². The van der Waals surface area contributed by atoms with Crippen molar-refractivity contribution in [3.8, 4) is 11.5 Å². The van der Waals surface area contributed by atoms with E-state index in [1.165, 1.54) is 0 Å². The Kier molecular flexibility index (Phi) is 4.07. The van der Waals surface area contributed by atoms with Crippen LogP contribution in [-0.2, 0) is 4.74 Å². The summed E-state index contributed by atoms with van der Waals surface area (Å²) in [5, 5.41) is 7.84. The first-order valence-electron chi connectivity index (χ1n) is 7.88. The molecule has 0 bridgehead atoms. The van der Waals surface area contributed by atoms with Crippen LogP contribution in [0, 0.1) is 0 Å². The normalized spacial score (nSPS) is 16.5. The molecule has 1 N–H and O–H groups in total. The molecule has 0 saturated heterocycles. The molecule has 1 atom stereocenters. The van der Waals surface area contributed by atoms with Crippen molar-refractivity contribution >= 4 is 17.5 Å². The minimum absolute atomic E-state index is 0.124. The van der Waals surface area contributed by atoms with Gasteiger partial charge in [0, 0.05) is 24.2 Å². The minimum Gasteiger partial charge on any atom is -0.463 e. The van der Waals surface area contributed by atoms with Gasteiger partial charge in [0.15, 0.2) is 11.5 Å². The number of carbonyl (C=O) groups is 1. The lowest BCUT2D eigenvalue weighted by molar-refractivity contribution is 0.0677. The number of H-pyrrole nitrogens is 1. The van der Waals surface area contributed by atoms with Gasteiger partial charge < -0.3 is 14.1 Å². The highest BCUT2D eigenvalue weighted by atomic mass is 35.5. The Bertz CT molecular complexity index is 887. The van der Waals surface area contributed by atoms with Crippen molar-refractivity contribution in [2.24, 2.45) is 0 Å². The minimum atomic E-state index is -0.270. The Labute approximate surface area is 149 Å². The number of aromatic amines is 1. The van der Waals surface area contributed by atoms with Crippen molar-refractivity contribution in [1.82, 2.24) is 15.1 Å². The highest BCUT2D eigenvalue weighted by Crippen LogP contribution is 2.42. The molecule has 7 heteroatoms. The predicted molar refractivity (Wildman–Crippen MR) is 92.5 cm³/mol. The van der Waals surface area contributed by atoms with E-state index in [1.807, 2.05) is 30.3 Å². The maximum Gasteiger partial charge on any atom is 0.275 e. The van der Waals surface area contributed by atoms with E-state index < -0.39 is 0 Å². The number of nitrogens with zero attached hydrogens (tertiary/aromatic N) is 2. The van der Waals surface area contributed by atoms with Crippen LogP contribution in [-0.4, -0.2) is 41.3 Å². The van der Waals surface area contributed by atoms with Crippen LogP contribution in [0.5, 0.6) is 0 Å². The van der Waals surface area contributed by atoms with Crippen LogP contribution in [0.2, 0.25) is 5.02 Å². The van der Waals surface area contributed by atoms with Gasteiger partial charge in [0.1, 0.15) is 5.69 Å². The lowest BCUT2D eigenvalue weighted by Crippen LogP contribution is -2.32. The van der Waals surface area contributed by atoms with E-state index in [4.69, 9.17) is 20.8 Å². The summed E-state index contributed by atoms with van der Waals surface area (Å²) < 4.78 is 10.7. The van der Waals surface area contributed by atoms with Crippen molar-refractivity contribution in [1.29, 1.82) is 0 Å². The number of amides is 1. The van der Waals surface area contributed by atoms with E-state index in [0.29, 0.717) is 35.3 Å². The molecule has 3 heterocycles. The van der Waals surface area contributed by atoms with E-state index in [0.717, 1.165) is 11.1 Å². The number of fused-ring (bicyclic) bond motifs is 1. The van der Waals surface area contributed by atoms with Gasteiger partial charge in [-0.05, 0) is 29.8 Å². The molecule has 0 saturated carbocycles. The van der Waals surface area contributed by atoms with E-state index in [-0.39, 0.29) is 11.9 Å². The van der Waals surface area contributed by atoms with E-state index in [9.17, 15) is 4.79 Å². The zero-order chi connectivity index (χ0) is 17.4. The molecule has 0 aliphatic carbocycles. The standard InChI is InChI=1S/C18H16ClN3O3/c1-24-10-8-22-17(11-4-6-12(19)7-5-11)14-15(13-3-2-9-25-13)20-21-16(14)18(22)23/h2-7,9,17H,8,10H2,1H3,(H,20,21)/t17-/m0/s1. The second-order valence-electron chi connectivity index (χ2n) is 5.78. The highest BCUT2D eigenvalue weighted by Gasteiger charge is 2.42. The average Bonchev–Trinajstić information content (AvgIpc) is 3.32. The Morgan fingerprint density at radius 3 is 2.80 bits per heavy atom. The van der Waals surface area contributed by atoms with E-state index in [1.54, 1.807) is 24.3 Å². The number of ether oxygens (including phenoxy) is 1. The van der Waals surface area contributed by atoms with Crippen molar-refractivity contribution in [2.45, 2.75) is 6.04 Å². The molecule has 1 aromatic carbocycles. The number of hydrogen-bond donors (Lipinski definition) is 1. The molecule has 0 unspecified atom stereocenters. The van der Waals surface area contributed by atoms with Crippen LogP contribution < -0.4 is 0 Å². The Balaban J connectivity index is 1.85. The van der Waals surface area contributed by atoms with Crippen molar-refractivity contribution in [3.05, 3.63) is 64.5 Å². The molecule has 4 rings (SSSR count). The number of halogens is 1. The second-order valence-corrected chi connectivity index (χ2v) is 6.22. The van der Waals surface area contributed by atoms with Crippen LogP contribution in [0.1, 0.15) is 27.7 Å². The van der Waals surface area contributed by atoms with Crippen LogP contribution in [0.4, 0.5) is 0 Å².